The number of alkyl carbamates (subject to hydrolysis) is 1. The molecule has 0 saturated heterocycles. The molecule has 5 heteroatoms. The number of hydrogen-bond donors (Lipinski definition) is 2. The van der Waals surface area contributed by atoms with E-state index in [-0.39, 0.29) is 11.9 Å². The largest absolute Gasteiger partial charge is 0.444 e. The summed E-state index contributed by atoms with van der Waals surface area (Å²) in [5.74, 6) is 0.542. The lowest BCUT2D eigenvalue weighted by atomic mass is 9.97. The van der Waals surface area contributed by atoms with Crippen LogP contribution < -0.4 is 10.6 Å². The maximum absolute atomic E-state index is 11.9. The molecule has 2 unspecified atom stereocenters. The van der Waals surface area contributed by atoms with Crippen LogP contribution in [0.15, 0.2) is 0 Å². The molecule has 1 fully saturated rings. The number of carbonyl (C=O) groups excluding carboxylic acids is 2. The molecule has 1 aliphatic rings. The second kappa shape index (κ2) is 8.25. The second-order valence-electron chi connectivity index (χ2n) is 6.97. The standard InChI is InChI=1S/C16H30N2O3/c1-12-8-6-5-7-9-13(12)18-14(19)10-11-17-15(20)21-16(2,3)4/h12-13H,5-11H2,1-4H3,(H,17,20)(H,18,19). The summed E-state index contributed by atoms with van der Waals surface area (Å²) in [5, 5.41) is 5.71. The second-order valence-corrected chi connectivity index (χ2v) is 6.97. The summed E-state index contributed by atoms with van der Waals surface area (Å²) in [4.78, 5) is 23.4. The monoisotopic (exact) mass is 298 g/mol. The van der Waals surface area contributed by atoms with E-state index in [0.29, 0.717) is 18.9 Å². The van der Waals surface area contributed by atoms with Crippen molar-refractivity contribution in [2.75, 3.05) is 6.54 Å². The molecule has 0 aromatic heterocycles. The van der Waals surface area contributed by atoms with Crippen molar-refractivity contribution in [3.63, 3.8) is 0 Å². The minimum Gasteiger partial charge on any atom is -0.444 e. The molecule has 2 N–H and O–H groups in total. The van der Waals surface area contributed by atoms with E-state index >= 15 is 0 Å². The summed E-state index contributed by atoms with van der Waals surface area (Å²) in [6, 6.07) is 0.279. The van der Waals surface area contributed by atoms with Gasteiger partial charge in [0.25, 0.3) is 0 Å². The maximum Gasteiger partial charge on any atom is 0.407 e. The van der Waals surface area contributed by atoms with Crippen LogP contribution in [0.5, 0.6) is 0 Å². The molecule has 0 spiro atoms. The fourth-order valence-corrected chi connectivity index (χ4v) is 2.58. The highest BCUT2D eigenvalue weighted by atomic mass is 16.6. The Morgan fingerprint density at radius 3 is 2.48 bits per heavy atom. The predicted molar refractivity (Wildman–Crippen MR) is 83.0 cm³/mol. The first kappa shape index (κ1) is 17.8. The van der Waals surface area contributed by atoms with Gasteiger partial charge in [-0.3, -0.25) is 4.79 Å². The Labute approximate surface area is 128 Å². The molecule has 0 heterocycles. The Morgan fingerprint density at radius 2 is 1.81 bits per heavy atom. The Balaban J connectivity index is 2.23. The zero-order valence-electron chi connectivity index (χ0n) is 13.8. The number of rotatable bonds is 4. The lowest BCUT2D eigenvalue weighted by molar-refractivity contribution is -0.122. The van der Waals surface area contributed by atoms with E-state index in [1.54, 1.807) is 0 Å². The first-order chi connectivity index (χ1) is 9.78. The number of nitrogens with one attached hydrogen (secondary N) is 2. The number of carbonyl (C=O) groups is 2. The highest BCUT2D eigenvalue weighted by molar-refractivity contribution is 5.77. The summed E-state index contributed by atoms with van der Waals surface area (Å²) in [6.45, 7) is 7.95. The van der Waals surface area contributed by atoms with Crippen LogP contribution in [0.3, 0.4) is 0 Å². The van der Waals surface area contributed by atoms with E-state index in [0.717, 1.165) is 6.42 Å². The number of ether oxygens (including phenoxy) is 1. The van der Waals surface area contributed by atoms with Crippen LogP contribution in [-0.4, -0.2) is 30.2 Å². The summed E-state index contributed by atoms with van der Waals surface area (Å²) in [5.41, 5.74) is -0.512. The number of hydrogen-bond acceptors (Lipinski definition) is 3. The Bertz CT molecular complexity index is 350. The molecule has 21 heavy (non-hydrogen) atoms. The third-order valence-electron chi connectivity index (χ3n) is 3.73. The van der Waals surface area contributed by atoms with E-state index in [2.05, 4.69) is 17.6 Å². The average molecular weight is 298 g/mol. The molecule has 2 amide bonds. The van der Waals surface area contributed by atoms with E-state index in [9.17, 15) is 9.59 Å². The molecule has 0 aromatic rings. The van der Waals surface area contributed by atoms with Crippen LogP contribution in [0.2, 0.25) is 0 Å². The van der Waals surface area contributed by atoms with Crippen LogP contribution in [0.4, 0.5) is 4.79 Å². The van der Waals surface area contributed by atoms with Crippen LogP contribution in [0, 0.1) is 5.92 Å². The average Bonchev–Trinajstić information content (AvgIpc) is 2.52. The van der Waals surface area contributed by atoms with Gasteiger partial charge >= 0.3 is 6.09 Å². The molecule has 0 aromatic carbocycles. The first-order valence-corrected chi connectivity index (χ1v) is 8.04. The summed E-state index contributed by atoms with van der Waals surface area (Å²) < 4.78 is 5.12. The molecule has 1 rings (SSSR count). The lowest BCUT2D eigenvalue weighted by Gasteiger charge is -2.23. The van der Waals surface area contributed by atoms with Gasteiger partial charge < -0.3 is 15.4 Å². The van der Waals surface area contributed by atoms with Crippen LogP contribution in [0.1, 0.15) is 66.2 Å². The highest BCUT2D eigenvalue weighted by Gasteiger charge is 2.21. The molecule has 0 bridgehead atoms. The van der Waals surface area contributed by atoms with Crippen molar-refractivity contribution in [1.82, 2.24) is 10.6 Å². The van der Waals surface area contributed by atoms with Gasteiger partial charge in [0.2, 0.25) is 5.91 Å². The van der Waals surface area contributed by atoms with Crippen molar-refractivity contribution in [3.05, 3.63) is 0 Å². The lowest BCUT2D eigenvalue weighted by Crippen LogP contribution is -2.40. The minimum absolute atomic E-state index is 0.00445. The minimum atomic E-state index is -0.512. The molecular weight excluding hydrogens is 268 g/mol. The van der Waals surface area contributed by atoms with Crippen molar-refractivity contribution in [2.24, 2.45) is 5.92 Å². The van der Waals surface area contributed by atoms with Gasteiger partial charge in [0.05, 0.1) is 0 Å². The highest BCUT2D eigenvalue weighted by Crippen LogP contribution is 2.22. The number of amides is 2. The third kappa shape index (κ3) is 7.93. The Hall–Kier alpha value is -1.26. The smallest absolute Gasteiger partial charge is 0.407 e. The van der Waals surface area contributed by atoms with Crippen molar-refractivity contribution in [1.29, 1.82) is 0 Å². The molecule has 5 nitrogen and oxygen atoms in total. The van der Waals surface area contributed by atoms with E-state index in [1.165, 1.54) is 25.7 Å². The fraction of sp³-hybridized carbons (Fsp3) is 0.875. The molecule has 122 valence electrons. The molecule has 1 aliphatic carbocycles. The van der Waals surface area contributed by atoms with Crippen LogP contribution in [-0.2, 0) is 9.53 Å². The van der Waals surface area contributed by atoms with Gasteiger partial charge in [0.15, 0.2) is 0 Å². The van der Waals surface area contributed by atoms with Gasteiger partial charge in [-0.25, -0.2) is 4.79 Å². The SMILES string of the molecule is CC1CCCCCC1NC(=O)CCNC(=O)OC(C)(C)C. The Kier molecular flexibility index (Phi) is 6.99. The topological polar surface area (TPSA) is 67.4 Å². The van der Waals surface area contributed by atoms with Gasteiger partial charge in [-0.2, -0.15) is 0 Å². The molecular formula is C16H30N2O3. The van der Waals surface area contributed by atoms with E-state index < -0.39 is 11.7 Å². The van der Waals surface area contributed by atoms with Gasteiger partial charge in [-0.15, -0.1) is 0 Å². The van der Waals surface area contributed by atoms with Gasteiger partial charge in [0, 0.05) is 19.0 Å². The van der Waals surface area contributed by atoms with Crippen molar-refractivity contribution >= 4 is 12.0 Å². The molecule has 1 saturated carbocycles. The molecule has 0 aliphatic heterocycles. The Morgan fingerprint density at radius 1 is 1.14 bits per heavy atom. The summed E-state index contributed by atoms with van der Waals surface area (Å²) in [7, 11) is 0. The fourth-order valence-electron chi connectivity index (χ4n) is 2.58. The predicted octanol–water partition coefficient (Wildman–Crippen LogP) is 2.99. The van der Waals surface area contributed by atoms with E-state index in [4.69, 9.17) is 4.74 Å². The van der Waals surface area contributed by atoms with E-state index in [1.807, 2.05) is 20.8 Å². The third-order valence-corrected chi connectivity index (χ3v) is 3.73. The van der Waals surface area contributed by atoms with Crippen molar-refractivity contribution in [3.8, 4) is 0 Å². The zero-order valence-corrected chi connectivity index (χ0v) is 13.8. The van der Waals surface area contributed by atoms with Gasteiger partial charge in [0.1, 0.15) is 5.60 Å². The normalized spacial score (nSPS) is 23.0. The molecule has 2 atom stereocenters. The summed E-state index contributed by atoms with van der Waals surface area (Å²) in [6.07, 6.45) is 5.77. The maximum atomic E-state index is 11.9. The van der Waals surface area contributed by atoms with Crippen LogP contribution in [0.25, 0.3) is 0 Å². The van der Waals surface area contributed by atoms with Crippen LogP contribution >= 0.6 is 0 Å². The zero-order chi connectivity index (χ0) is 15.9. The van der Waals surface area contributed by atoms with Crippen molar-refractivity contribution < 1.29 is 14.3 Å². The van der Waals surface area contributed by atoms with Gasteiger partial charge in [-0.1, -0.05) is 26.2 Å². The quantitative estimate of drug-likeness (QED) is 0.784. The first-order valence-electron chi connectivity index (χ1n) is 8.04. The van der Waals surface area contributed by atoms with Crippen molar-refractivity contribution in [2.45, 2.75) is 77.9 Å². The molecule has 0 radical (unpaired) electrons. The van der Waals surface area contributed by atoms with Gasteiger partial charge in [-0.05, 0) is 39.5 Å². The summed E-state index contributed by atoms with van der Waals surface area (Å²) >= 11 is 0.